The molecule has 0 saturated carbocycles. The molecule has 0 atom stereocenters. The van der Waals surface area contributed by atoms with Crippen molar-refractivity contribution in [3.05, 3.63) is 29.3 Å². The lowest BCUT2D eigenvalue weighted by Crippen LogP contribution is -2.25. The van der Waals surface area contributed by atoms with Crippen molar-refractivity contribution in [1.29, 1.82) is 0 Å². The first kappa shape index (κ1) is 15.2. The minimum absolute atomic E-state index is 0.0205. The number of rotatable bonds is 5. The van der Waals surface area contributed by atoms with Crippen LogP contribution < -0.4 is 5.32 Å². The van der Waals surface area contributed by atoms with Crippen LogP contribution in [0.25, 0.3) is 0 Å². The van der Waals surface area contributed by atoms with E-state index in [0.29, 0.717) is 0 Å². The molecule has 0 spiro atoms. The lowest BCUT2D eigenvalue weighted by molar-refractivity contribution is -0.139. The summed E-state index contributed by atoms with van der Waals surface area (Å²) in [6.07, 6.45) is 0.167. The Morgan fingerprint density at radius 1 is 1.21 bits per heavy atom. The minimum Gasteiger partial charge on any atom is -0.481 e. The van der Waals surface area contributed by atoms with Gasteiger partial charge >= 0.3 is 5.97 Å². The van der Waals surface area contributed by atoms with Crippen LogP contribution in [0.5, 0.6) is 0 Å². The van der Waals surface area contributed by atoms with Gasteiger partial charge in [0.2, 0.25) is 5.91 Å². The van der Waals surface area contributed by atoms with Crippen molar-refractivity contribution in [1.82, 2.24) is 0 Å². The van der Waals surface area contributed by atoms with E-state index in [1.54, 1.807) is 13.8 Å². The molecule has 4 nitrogen and oxygen atoms in total. The van der Waals surface area contributed by atoms with Crippen LogP contribution >= 0.6 is 0 Å². The van der Waals surface area contributed by atoms with Crippen LogP contribution in [-0.4, -0.2) is 17.0 Å². The van der Waals surface area contributed by atoms with Crippen molar-refractivity contribution in [3.8, 4) is 0 Å². The smallest absolute Gasteiger partial charge is 0.303 e. The van der Waals surface area contributed by atoms with Crippen molar-refractivity contribution in [2.24, 2.45) is 5.41 Å². The van der Waals surface area contributed by atoms with Crippen molar-refractivity contribution < 1.29 is 14.7 Å². The quantitative estimate of drug-likeness (QED) is 0.857. The topological polar surface area (TPSA) is 66.4 Å². The zero-order valence-corrected chi connectivity index (χ0v) is 11.9. The number of carboxylic acid groups (broad SMARTS) is 1. The highest BCUT2D eigenvalue weighted by atomic mass is 16.4. The van der Waals surface area contributed by atoms with Crippen molar-refractivity contribution in [2.45, 2.75) is 40.5 Å². The third-order valence-corrected chi connectivity index (χ3v) is 2.92. The fraction of sp³-hybridized carbons (Fsp3) is 0.467. The molecule has 2 N–H and O–H groups in total. The fourth-order valence-corrected chi connectivity index (χ4v) is 2.05. The molecule has 0 bridgehead atoms. The summed E-state index contributed by atoms with van der Waals surface area (Å²) < 4.78 is 0. The predicted molar refractivity (Wildman–Crippen MR) is 75.2 cm³/mol. The van der Waals surface area contributed by atoms with E-state index in [0.717, 1.165) is 16.8 Å². The molecule has 104 valence electrons. The molecule has 4 heteroatoms. The average molecular weight is 263 g/mol. The van der Waals surface area contributed by atoms with Gasteiger partial charge in [0.05, 0.1) is 6.42 Å². The van der Waals surface area contributed by atoms with Crippen LogP contribution in [0, 0.1) is 19.3 Å². The second kappa shape index (κ2) is 5.87. The van der Waals surface area contributed by atoms with E-state index in [1.807, 2.05) is 32.0 Å². The highest BCUT2D eigenvalue weighted by Gasteiger charge is 2.25. The first-order valence-electron chi connectivity index (χ1n) is 6.28. The molecule has 0 aliphatic rings. The Hall–Kier alpha value is -1.84. The van der Waals surface area contributed by atoms with E-state index in [4.69, 9.17) is 5.11 Å². The molecule has 0 aliphatic heterocycles. The lowest BCUT2D eigenvalue weighted by atomic mass is 9.85. The normalized spacial score (nSPS) is 11.2. The van der Waals surface area contributed by atoms with Gasteiger partial charge in [-0.3, -0.25) is 9.59 Å². The lowest BCUT2D eigenvalue weighted by Gasteiger charge is -2.21. The maximum atomic E-state index is 11.9. The molecule has 19 heavy (non-hydrogen) atoms. The van der Waals surface area contributed by atoms with Crippen molar-refractivity contribution in [3.63, 3.8) is 0 Å². The van der Waals surface area contributed by atoms with Crippen molar-refractivity contribution >= 4 is 17.6 Å². The molecule has 1 amide bonds. The second-order valence-electron chi connectivity index (χ2n) is 5.78. The third-order valence-electron chi connectivity index (χ3n) is 2.92. The van der Waals surface area contributed by atoms with Gasteiger partial charge in [-0.05, 0) is 30.9 Å². The number of nitrogens with one attached hydrogen (secondary N) is 1. The Balaban J connectivity index is 2.67. The van der Waals surface area contributed by atoms with Gasteiger partial charge in [0.15, 0.2) is 0 Å². The summed E-state index contributed by atoms with van der Waals surface area (Å²) in [5.74, 6) is -1.04. The number of carbonyl (C=O) groups is 2. The summed E-state index contributed by atoms with van der Waals surface area (Å²) in [6, 6.07) is 5.80. The largest absolute Gasteiger partial charge is 0.481 e. The number of amides is 1. The first-order valence-corrected chi connectivity index (χ1v) is 6.28. The van der Waals surface area contributed by atoms with Crippen molar-refractivity contribution in [2.75, 3.05) is 5.32 Å². The number of hydrogen-bond donors (Lipinski definition) is 2. The first-order chi connectivity index (χ1) is 8.69. The Bertz CT molecular complexity index is 492. The molecule has 0 radical (unpaired) electrons. The highest BCUT2D eigenvalue weighted by molar-refractivity contribution is 5.92. The summed E-state index contributed by atoms with van der Waals surface area (Å²) in [4.78, 5) is 22.7. The number of anilines is 1. The Morgan fingerprint density at radius 3 is 2.37 bits per heavy atom. The summed E-state index contributed by atoms with van der Waals surface area (Å²) >= 11 is 0. The van der Waals surface area contributed by atoms with Gasteiger partial charge in [0.1, 0.15) is 0 Å². The van der Waals surface area contributed by atoms with Crippen LogP contribution in [0.4, 0.5) is 5.69 Å². The molecule has 0 fully saturated rings. The molecular weight excluding hydrogens is 242 g/mol. The van der Waals surface area contributed by atoms with Crippen LogP contribution in [0.1, 0.15) is 37.8 Å². The third kappa shape index (κ3) is 5.12. The van der Waals surface area contributed by atoms with Crippen LogP contribution in [0.3, 0.4) is 0 Å². The zero-order chi connectivity index (χ0) is 14.6. The van der Waals surface area contributed by atoms with E-state index in [2.05, 4.69) is 5.32 Å². The number of hydrogen-bond acceptors (Lipinski definition) is 2. The molecular formula is C15H21NO3. The van der Waals surface area contributed by atoms with E-state index in [-0.39, 0.29) is 18.7 Å². The molecule has 1 rings (SSSR count). The van der Waals surface area contributed by atoms with E-state index < -0.39 is 11.4 Å². The van der Waals surface area contributed by atoms with Gasteiger partial charge in [-0.1, -0.05) is 31.5 Å². The second-order valence-corrected chi connectivity index (χ2v) is 5.78. The number of carboxylic acids is 1. The van der Waals surface area contributed by atoms with Crippen LogP contribution in [0.15, 0.2) is 18.2 Å². The Kier molecular flexibility index (Phi) is 4.70. The van der Waals surface area contributed by atoms with Crippen LogP contribution in [-0.2, 0) is 9.59 Å². The fourth-order valence-electron chi connectivity index (χ4n) is 2.05. The van der Waals surface area contributed by atoms with Gasteiger partial charge in [-0.25, -0.2) is 0 Å². The number of benzene rings is 1. The van der Waals surface area contributed by atoms with Gasteiger partial charge in [-0.2, -0.15) is 0 Å². The maximum absolute atomic E-state index is 11.9. The molecule has 0 aliphatic carbocycles. The average Bonchev–Trinajstić information content (AvgIpc) is 2.19. The zero-order valence-electron chi connectivity index (χ0n) is 11.9. The minimum atomic E-state index is -0.885. The molecule has 0 heterocycles. The highest BCUT2D eigenvalue weighted by Crippen LogP contribution is 2.26. The monoisotopic (exact) mass is 263 g/mol. The maximum Gasteiger partial charge on any atom is 0.303 e. The molecule has 1 aromatic carbocycles. The summed E-state index contributed by atoms with van der Waals surface area (Å²) in [5.41, 5.74) is 2.38. The standard InChI is InChI=1S/C15H21NO3/c1-10-5-6-12(11(2)7-10)16-13(17)8-15(3,4)9-14(18)19/h5-7H,8-9H2,1-4H3,(H,16,17)(H,18,19). The molecule has 0 aromatic heterocycles. The number of carbonyl (C=O) groups excluding carboxylic acids is 1. The van der Waals surface area contributed by atoms with Gasteiger partial charge < -0.3 is 10.4 Å². The summed E-state index contributed by atoms with van der Waals surface area (Å²) in [7, 11) is 0. The Morgan fingerprint density at radius 2 is 1.84 bits per heavy atom. The van der Waals surface area contributed by atoms with Gasteiger partial charge in [0, 0.05) is 12.1 Å². The number of aliphatic carboxylic acids is 1. The summed E-state index contributed by atoms with van der Waals surface area (Å²) in [6.45, 7) is 7.49. The van der Waals surface area contributed by atoms with E-state index in [1.165, 1.54) is 0 Å². The van der Waals surface area contributed by atoms with E-state index >= 15 is 0 Å². The Labute approximate surface area is 113 Å². The number of aryl methyl sites for hydroxylation is 2. The molecule has 0 unspecified atom stereocenters. The molecule has 1 aromatic rings. The molecule has 0 saturated heterocycles. The van der Waals surface area contributed by atoms with Crippen LogP contribution in [0.2, 0.25) is 0 Å². The van der Waals surface area contributed by atoms with E-state index in [9.17, 15) is 9.59 Å². The van der Waals surface area contributed by atoms with Gasteiger partial charge in [0.25, 0.3) is 0 Å². The summed E-state index contributed by atoms with van der Waals surface area (Å²) in [5, 5.41) is 11.6. The van der Waals surface area contributed by atoms with Gasteiger partial charge in [-0.15, -0.1) is 0 Å². The SMILES string of the molecule is Cc1ccc(NC(=O)CC(C)(C)CC(=O)O)c(C)c1. The predicted octanol–water partition coefficient (Wildman–Crippen LogP) is 3.13.